The number of halogens is 4. The van der Waals surface area contributed by atoms with Crippen molar-refractivity contribution in [3.8, 4) is 5.88 Å². The molecule has 2 heterocycles. The first kappa shape index (κ1) is 18.6. The van der Waals surface area contributed by atoms with E-state index in [0.717, 1.165) is 31.9 Å². The number of piperazine rings is 1. The molecular formula is C13H20ClF3N4O. The zero-order valence-electron chi connectivity index (χ0n) is 12.5. The van der Waals surface area contributed by atoms with Gasteiger partial charge in [0.05, 0.1) is 5.69 Å². The molecule has 0 bridgehead atoms. The van der Waals surface area contributed by atoms with E-state index in [4.69, 9.17) is 4.74 Å². The van der Waals surface area contributed by atoms with E-state index in [1.165, 1.54) is 6.07 Å². The molecule has 0 unspecified atom stereocenters. The predicted octanol–water partition coefficient (Wildman–Crippen LogP) is 2.24. The zero-order valence-corrected chi connectivity index (χ0v) is 13.3. The van der Waals surface area contributed by atoms with Crippen molar-refractivity contribution in [1.29, 1.82) is 0 Å². The highest BCUT2D eigenvalue weighted by Gasteiger charge is 2.29. The van der Waals surface area contributed by atoms with Crippen LogP contribution in [0.25, 0.3) is 0 Å². The van der Waals surface area contributed by atoms with Crippen molar-refractivity contribution >= 4 is 23.9 Å². The number of likely N-dealkylation sites (N-methyl/N-ethyl adjacent to an activating group) is 1. The molecule has 1 saturated heterocycles. The minimum absolute atomic E-state index is 0. The molecule has 1 N–H and O–H groups in total. The Morgan fingerprint density at radius 2 is 1.86 bits per heavy atom. The average molecular weight is 341 g/mol. The first-order chi connectivity index (χ1) is 9.89. The number of anilines is 2. The topological polar surface area (TPSA) is 40.6 Å². The van der Waals surface area contributed by atoms with Crippen LogP contribution >= 0.6 is 12.4 Å². The standard InChI is InChI=1S/C13H19F3N4O.ClH/c1-17-10-3-4-11(21-9-13(14,15)16)18-12(10)20-7-5-19(2)6-8-20;/h3-4,17H,5-9H2,1-2H3;1H. The normalized spacial score (nSPS) is 16.1. The molecule has 9 heteroatoms. The van der Waals surface area contributed by atoms with Crippen LogP contribution < -0.4 is 15.0 Å². The first-order valence-corrected chi connectivity index (χ1v) is 6.71. The lowest BCUT2D eigenvalue weighted by Crippen LogP contribution is -2.45. The van der Waals surface area contributed by atoms with Crippen molar-refractivity contribution in [3.05, 3.63) is 12.1 Å². The van der Waals surface area contributed by atoms with Gasteiger partial charge in [0, 0.05) is 39.3 Å². The molecule has 22 heavy (non-hydrogen) atoms. The summed E-state index contributed by atoms with van der Waals surface area (Å²) in [6.07, 6.45) is -4.36. The number of alkyl halides is 3. The number of ether oxygens (including phenoxy) is 1. The summed E-state index contributed by atoms with van der Waals surface area (Å²) in [6.45, 7) is 2.00. The molecule has 0 radical (unpaired) electrons. The van der Waals surface area contributed by atoms with Gasteiger partial charge in [0.2, 0.25) is 5.88 Å². The van der Waals surface area contributed by atoms with E-state index in [1.807, 2.05) is 11.9 Å². The average Bonchev–Trinajstić information content (AvgIpc) is 2.45. The number of aromatic nitrogens is 1. The highest BCUT2D eigenvalue weighted by molar-refractivity contribution is 5.85. The van der Waals surface area contributed by atoms with Crippen molar-refractivity contribution < 1.29 is 17.9 Å². The second-order valence-corrected chi connectivity index (χ2v) is 4.96. The van der Waals surface area contributed by atoms with Gasteiger partial charge in [-0.3, -0.25) is 0 Å². The first-order valence-electron chi connectivity index (χ1n) is 6.71. The van der Waals surface area contributed by atoms with Crippen LogP contribution in [0.1, 0.15) is 0 Å². The molecule has 2 rings (SSSR count). The summed E-state index contributed by atoms with van der Waals surface area (Å²) in [5.41, 5.74) is 0.777. The van der Waals surface area contributed by atoms with Crippen molar-refractivity contribution in [3.63, 3.8) is 0 Å². The summed E-state index contributed by atoms with van der Waals surface area (Å²) in [4.78, 5) is 8.46. The third kappa shape index (κ3) is 5.10. The molecule has 0 saturated carbocycles. The third-order valence-corrected chi connectivity index (χ3v) is 3.31. The van der Waals surface area contributed by atoms with Crippen LogP contribution in [-0.2, 0) is 0 Å². The monoisotopic (exact) mass is 340 g/mol. The lowest BCUT2D eigenvalue weighted by atomic mass is 10.3. The van der Waals surface area contributed by atoms with Gasteiger partial charge in [0.1, 0.15) is 0 Å². The van der Waals surface area contributed by atoms with Gasteiger partial charge in [-0.25, -0.2) is 0 Å². The van der Waals surface area contributed by atoms with Crippen LogP contribution in [0.15, 0.2) is 12.1 Å². The van der Waals surface area contributed by atoms with Gasteiger partial charge in [0.15, 0.2) is 12.4 Å². The van der Waals surface area contributed by atoms with E-state index >= 15 is 0 Å². The van der Waals surface area contributed by atoms with Gasteiger partial charge in [-0.05, 0) is 13.1 Å². The van der Waals surface area contributed by atoms with Crippen molar-refractivity contribution in [1.82, 2.24) is 9.88 Å². The molecule has 1 aromatic rings. The molecule has 0 aliphatic carbocycles. The summed E-state index contributed by atoms with van der Waals surface area (Å²) in [6, 6.07) is 3.13. The maximum absolute atomic E-state index is 12.2. The quantitative estimate of drug-likeness (QED) is 0.910. The number of pyridine rings is 1. The Balaban J connectivity index is 0.00000242. The Morgan fingerprint density at radius 3 is 2.41 bits per heavy atom. The highest BCUT2D eigenvalue weighted by atomic mass is 35.5. The minimum atomic E-state index is -4.36. The summed E-state index contributed by atoms with van der Waals surface area (Å²) >= 11 is 0. The van der Waals surface area contributed by atoms with E-state index in [9.17, 15) is 13.2 Å². The van der Waals surface area contributed by atoms with Crippen molar-refractivity contribution in [2.75, 3.05) is 57.1 Å². The van der Waals surface area contributed by atoms with Crippen LogP contribution in [0.4, 0.5) is 24.7 Å². The Morgan fingerprint density at radius 1 is 1.23 bits per heavy atom. The summed E-state index contributed by atoms with van der Waals surface area (Å²) in [5.74, 6) is 0.616. The van der Waals surface area contributed by atoms with Crippen LogP contribution in [0.3, 0.4) is 0 Å². The molecule has 1 aromatic heterocycles. The lowest BCUT2D eigenvalue weighted by molar-refractivity contribution is -0.154. The molecule has 0 aromatic carbocycles. The fourth-order valence-corrected chi connectivity index (χ4v) is 2.12. The van der Waals surface area contributed by atoms with E-state index in [2.05, 4.69) is 15.2 Å². The molecule has 5 nitrogen and oxygen atoms in total. The molecule has 0 atom stereocenters. The predicted molar refractivity (Wildman–Crippen MR) is 82.3 cm³/mol. The number of hydrogen-bond donors (Lipinski definition) is 1. The van der Waals surface area contributed by atoms with E-state index in [-0.39, 0.29) is 18.3 Å². The second kappa shape index (κ2) is 7.73. The van der Waals surface area contributed by atoms with Gasteiger partial charge in [-0.2, -0.15) is 18.2 Å². The summed E-state index contributed by atoms with van der Waals surface area (Å²) < 4.78 is 41.3. The molecule has 126 valence electrons. The summed E-state index contributed by atoms with van der Waals surface area (Å²) in [7, 11) is 3.79. The van der Waals surface area contributed by atoms with Gasteiger partial charge >= 0.3 is 6.18 Å². The van der Waals surface area contributed by atoms with Crippen molar-refractivity contribution in [2.45, 2.75) is 6.18 Å². The lowest BCUT2D eigenvalue weighted by Gasteiger charge is -2.34. The fraction of sp³-hybridized carbons (Fsp3) is 0.615. The molecule has 0 amide bonds. The molecule has 1 fully saturated rings. The van der Waals surface area contributed by atoms with Crippen LogP contribution in [0.5, 0.6) is 5.88 Å². The van der Waals surface area contributed by atoms with E-state index < -0.39 is 12.8 Å². The number of nitrogens with zero attached hydrogens (tertiary/aromatic N) is 3. The van der Waals surface area contributed by atoms with E-state index in [1.54, 1.807) is 13.1 Å². The smallest absolute Gasteiger partial charge is 0.422 e. The molecule has 1 aliphatic rings. The number of nitrogens with one attached hydrogen (secondary N) is 1. The SMILES string of the molecule is CNc1ccc(OCC(F)(F)F)nc1N1CCN(C)CC1.Cl. The molecule has 0 spiro atoms. The van der Waals surface area contributed by atoms with Gasteiger partial charge in [-0.15, -0.1) is 12.4 Å². The highest BCUT2D eigenvalue weighted by Crippen LogP contribution is 2.27. The largest absolute Gasteiger partial charge is 0.468 e. The fourth-order valence-electron chi connectivity index (χ4n) is 2.12. The summed E-state index contributed by atoms with van der Waals surface area (Å²) in [5, 5.41) is 3.01. The zero-order chi connectivity index (χ0) is 15.5. The van der Waals surface area contributed by atoms with Crippen LogP contribution in [0, 0.1) is 0 Å². The number of hydrogen-bond acceptors (Lipinski definition) is 5. The maximum Gasteiger partial charge on any atom is 0.422 e. The van der Waals surface area contributed by atoms with E-state index in [0.29, 0.717) is 5.82 Å². The van der Waals surface area contributed by atoms with Crippen LogP contribution in [-0.4, -0.2) is 62.9 Å². The Hall–Kier alpha value is -1.41. The van der Waals surface area contributed by atoms with Gasteiger partial charge < -0.3 is 19.9 Å². The third-order valence-electron chi connectivity index (χ3n) is 3.31. The molecule has 1 aliphatic heterocycles. The van der Waals surface area contributed by atoms with Crippen LogP contribution in [0.2, 0.25) is 0 Å². The van der Waals surface area contributed by atoms with Crippen molar-refractivity contribution in [2.24, 2.45) is 0 Å². The van der Waals surface area contributed by atoms with Gasteiger partial charge in [0.25, 0.3) is 0 Å². The number of rotatable bonds is 4. The Kier molecular flexibility index (Phi) is 6.55. The second-order valence-electron chi connectivity index (χ2n) is 4.96. The Bertz CT molecular complexity index is 479. The minimum Gasteiger partial charge on any atom is -0.468 e. The maximum atomic E-state index is 12.2. The Labute approximate surface area is 133 Å². The van der Waals surface area contributed by atoms with Gasteiger partial charge in [-0.1, -0.05) is 0 Å². The molecular weight excluding hydrogens is 321 g/mol.